The molecule has 1 N–H and O–H groups in total. The number of aryl methyl sites for hydroxylation is 1. The molecule has 162 valence electrons. The van der Waals surface area contributed by atoms with Gasteiger partial charge in [-0.3, -0.25) is 0 Å². The van der Waals surface area contributed by atoms with E-state index >= 15 is 0 Å². The Bertz CT molecular complexity index is 1240. The van der Waals surface area contributed by atoms with Crippen LogP contribution in [0, 0.1) is 6.92 Å². The van der Waals surface area contributed by atoms with E-state index in [-0.39, 0.29) is 6.61 Å². The summed E-state index contributed by atoms with van der Waals surface area (Å²) in [5.74, 6) is 0.160. The standard InChI is InChI=1S/C25H20ClNO4S/c1-16-12-20(10-11-21(16)31-15-23(28)29)30-14-22-27-24(17-6-3-2-4-7-17)25(32-22)18-8-5-9-19(26)13-18/h2-13H,14-15H2,1H3,(H,28,29). The Morgan fingerprint density at radius 1 is 1.00 bits per heavy atom. The van der Waals surface area contributed by atoms with Crippen molar-refractivity contribution in [3.63, 3.8) is 0 Å². The Morgan fingerprint density at radius 2 is 1.78 bits per heavy atom. The Labute approximate surface area is 194 Å². The number of carboxylic acid groups (broad SMARTS) is 1. The van der Waals surface area contributed by atoms with Crippen LogP contribution in [0.2, 0.25) is 5.02 Å². The van der Waals surface area contributed by atoms with Crippen LogP contribution in [0.15, 0.2) is 72.8 Å². The summed E-state index contributed by atoms with van der Waals surface area (Å²) in [5, 5.41) is 10.3. The number of benzene rings is 3. The molecule has 1 aromatic heterocycles. The van der Waals surface area contributed by atoms with Crippen molar-refractivity contribution in [3.05, 3.63) is 88.4 Å². The van der Waals surface area contributed by atoms with Crippen LogP contribution in [-0.4, -0.2) is 22.7 Å². The summed E-state index contributed by atoms with van der Waals surface area (Å²) in [6.07, 6.45) is 0. The minimum absolute atomic E-state index is 0.305. The molecule has 0 bridgehead atoms. The first-order valence-corrected chi connectivity index (χ1v) is 11.1. The molecule has 0 atom stereocenters. The number of hydrogen-bond donors (Lipinski definition) is 1. The third-order valence-electron chi connectivity index (χ3n) is 4.67. The summed E-state index contributed by atoms with van der Waals surface area (Å²) < 4.78 is 11.2. The van der Waals surface area contributed by atoms with Gasteiger partial charge in [0.05, 0.1) is 10.6 Å². The lowest BCUT2D eigenvalue weighted by molar-refractivity contribution is -0.139. The number of aromatic nitrogens is 1. The van der Waals surface area contributed by atoms with E-state index in [1.54, 1.807) is 23.5 Å². The minimum atomic E-state index is -1.02. The van der Waals surface area contributed by atoms with Crippen LogP contribution in [-0.2, 0) is 11.4 Å². The third kappa shape index (κ3) is 5.28. The lowest BCUT2D eigenvalue weighted by Gasteiger charge is -2.09. The van der Waals surface area contributed by atoms with Crippen molar-refractivity contribution < 1.29 is 19.4 Å². The lowest BCUT2D eigenvalue weighted by atomic mass is 10.1. The number of halogens is 1. The first kappa shape index (κ1) is 21.9. The summed E-state index contributed by atoms with van der Waals surface area (Å²) in [4.78, 5) is 16.6. The van der Waals surface area contributed by atoms with E-state index in [1.807, 2.05) is 67.6 Å². The molecule has 0 amide bonds. The van der Waals surface area contributed by atoms with Crippen molar-refractivity contribution in [3.8, 4) is 33.2 Å². The fourth-order valence-corrected chi connectivity index (χ4v) is 4.39. The zero-order chi connectivity index (χ0) is 22.5. The Hall–Kier alpha value is -3.35. The molecule has 0 aliphatic heterocycles. The highest BCUT2D eigenvalue weighted by atomic mass is 35.5. The maximum Gasteiger partial charge on any atom is 0.341 e. The van der Waals surface area contributed by atoms with Crippen LogP contribution in [0.25, 0.3) is 21.7 Å². The van der Waals surface area contributed by atoms with Crippen molar-refractivity contribution in [2.45, 2.75) is 13.5 Å². The van der Waals surface area contributed by atoms with Gasteiger partial charge in [0.15, 0.2) is 6.61 Å². The second-order valence-corrected chi connectivity index (χ2v) is 8.58. The molecule has 7 heteroatoms. The van der Waals surface area contributed by atoms with Crippen molar-refractivity contribution >= 4 is 28.9 Å². The average Bonchev–Trinajstić information content (AvgIpc) is 3.22. The molecule has 32 heavy (non-hydrogen) atoms. The highest BCUT2D eigenvalue weighted by molar-refractivity contribution is 7.15. The topological polar surface area (TPSA) is 68.7 Å². The number of ether oxygens (including phenoxy) is 2. The van der Waals surface area contributed by atoms with Gasteiger partial charge in [0.1, 0.15) is 23.1 Å². The molecule has 5 nitrogen and oxygen atoms in total. The van der Waals surface area contributed by atoms with E-state index in [1.165, 1.54) is 0 Å². The normalized spacial score (nSPS) is 10.7. The van der Waals surface area contributed by atoms with E-state index < -0.39 is 5.97 Å². The van der Waals surface area contributed by atoms with E-state index in [2.05, 4.69) is 0 Å². The molecule has 0 radical (unpaired) electrons. The lowest BCUT2D eigenvalue weighted by Crippen LogP contribution is -2.10. The van der Waals surface area contributed by atoms with Gasteiger partial charge in [-0.1, -0.05) is 54.1 Å². The monoisotopic (exact) mass is 465 g/mol. The third-order valence-corrected chi connectivity index (χ3v) is 5.98. The first-order chi connectivity index (χ1) is 15.5. The van der Waals surface area contributed by atoms with Crippen molar-refractivity contribution in [2.24, 2.45) is 0 Å². The van der Waals surface area contributed by atoms with Crippen LogP contribution in [0.1, 0.15) is 10.6 Å². The van der Waals surface area contributed by atoms with Crippen LogP contribution in [0.5, 0.6) is 11.5 Å². The van der Waals surface area contributed by atoms with Crippen LogP contribution in [0.3, 0.4) is 0 Å². The number of carbonyl (C=O) groups is 1. The zero-order valence-corrected chi connectivity index (χ0v) is 18.8. The van der Waals surface area contributed by atoms with E-state index in [4.69, 9.17) is 31.2 Å². The van der Waals surface area contributed by atoms with E-state index in [0.29, 0.717) is 23.1 Å². The number of rotatable bonds is 8. The number of nitrogens with zero attached hydrogens (tertiary/aromatic N) is 1. The molecule has 0 fully saturated rings. The van der Waals surface area contributed by atoms with Gasteiger partial charge < -0.3 is 14.6 Å². The Kier molecular flexibility index (Phi) is 6.73. The molecule has 0 saturated carbocycles. The van der Waals surface area contributed by atoms with E-state index in [0.717, 1.165) is 32.3 Å². The van der Waals surface area contributed by atoms with E-state index in [9.17, 15) is 4.79 Å². The molecule has 0 aliphatic rings. The van der Waals surface area contributed by atoms with Gasteiger partial charge in [-0.25, -0.2) is 9.78 Å². The summed E-state index contributed by atoms with van der Waals surface area (Å²) in [5.41, 5.74) is 3.73. The average molecular weight is 466 g/mol. The summed E-state index contributed by atoms with van der Waals surface area (Å²) >= 11 is 7.79. The highest BCUT2D eigenvalue weighted by Crippen LogP contribution is 2.38. The SMILES string of the molecule is Cc1cc(OCc2nc(-c3ccccc3)c(-c3cccc(Cl)c3)s2)ccc1OCC(=O)O. The molecule has 4 rings (SSSR count). The van der Waals surface area contributed by atoms with Crippen LogP contribution < -0.4 is 9.47 Å². The van der Waals surface area contributed by atoms with Crippen molar-refractivity contribution in [1.82, 2.24) is 4.98 Å². The van der Waals surface area contributed by atoms with Gasteiger partial charge in [-0.05, 0) is 48.4 Å². The molecule has 0 unspecified atom stereocenters. The van der Waals surface area contributed by atoms with Crippen molar-refractivity contribution in [2.75, 3.05) is 6.61 Å². The Morgan fingerprint density at radius 3 is 2.50 bits per heavy atom. The van der Waals surface area contributed by atoms with Gasteiger partial charge in [0, 0.05) is 10.6 Å². The zero-order valence-electron chi connectivity index (χ0n) is 17.2. The van der Waals surface area contributed by atoms with Crippen LogP contribution in [0.4, 0.5) is 0 Å². The van der Waals surface area contributed by atoms with Gasteiger partial charge >= 0.3 is 5.97 Å². The fraction of sp³-hybridized carbons (Fsp3) is 0.120. The summed E-state index contributed by atoms with van der Waals surface area (Å²) in [7, 11) is 0. The summed E-state index contributed by atoms with van der Waals surface area (Å²) in [6, 6.07) is 23.1. The van der Waals surface area contributed by atoms with Gasteiger partial charge in [-0.15, -0.1) is 11.3 Å². The molecular weight excluding hydrogens is 446 g/mol. The predicted molar refractivity (Wildman–Crippen MR) is 127 cm³/mol. The number of aliphatic carboxylic acids is 1. The number of carboxylic acids is 1. The molecule has 4 aromatic rings. The van der Waals surface area contributed by atoms with Crippen molar-refractivity contribution in [1.29, 1.82) is 0 Å². The highest BCUT2D eigenvalue weighted by Gasteiger charge is 2.16. The smallest absolute Gasteiger partial charge is 0.341 e. The molecule has 0 saturated heterocycles. The van der Waals surface area contributed by atoms with Crippen LogP contribution >= 0.6 is 22.9 Å². The number of hydrogen-bond acceptors (Lipinski definition) is 5. The number of thiazole rings is 1. The largest absolute Gasteiger partial charge is 0.486 e. The summed E-state index contributed by atoms with van der Waals surface area (Å²) in [6.45, 7) is 1.77. The molecule has 1 heterocycles. The van der Waals surface area contributed by atoms with Gasteiger partial charge in [-0.2, -0.15) is 0 Å². The first-order valence-electron chi connectivity index (χ1n) is 9.88. The second kappa shape index (κ2) is 9.85. The van der Waals surface area contributed by atoms with Gasteiger partial charge in [0.25, 0.3) is 0 Å². The fourth-order valence-electron chi connectivity index (χ4n) is 3.20. The quantitative estimate of drug-likeness (QED) is 0.322. The maximum absolute atomic E-state index is 10.7. The Balaban J connectivity index is 1.57. The predicted octanol–water partition coefficient (Wildman–Crippen LogP) is 6.48. The maximum atomic E-state index is 10.7. The second-order valence-electron chi connectivity index (χ2n) is 7.06. The minimum Gasteiger partial charge on any atom is -0.486 e. The molecule has 0 spiro atoms. The molecule has 3 aromatic carbocycles. The van der Waals surface area contributed by atoms with Gasteiger partial charge in [0.2, 0.25) is 0 Å². The molecule has 0 aliphatic carbocycles. The molecular formula is C25H20ClNO4S.